The lowest BCUT2D eigenvalue weighted by Crippen LogP contribution is -2.50. The number of amides is 4. The first-order valence-electron chi connectivity index (χ1n) is 9.42. The Bertz CT molecular complexity index is 1230. The Balaban J connectivity index is 2.05. The second-order valence-corrected chi connectivity index (χ2v) is 6.58. The van der Waals surface area contributed by atoms with Crippen LogP contribution in [0.4, 0.5) is 5.69 Å². The maximum Gasteiger partial charge on any atom is 0.286 e. The van der Waals surface area contributed by atoms with Crippen molar-refractivity contribution in [2.45, 2.75) is 0 Å². The molecule has 0 aliphatic rings. The van der Waals surface area contributed by atoms with Crippen molar-refractivity contribution in [1.29, 1.82) is 0 Å². The van der Waals surface area contributed by atoms with Gasteiger partial charge in [0, 0.05) is 22.8 Å². The SMILES string of the molecule is NNC(=O)c1ccc(C(=O)N(NC(=O)c2ccccc2)C(=O)c2ccccc2)c([N+](=O)[O-])c1. The van der Waals surface area contributed by atoms with Crippen molar-refractivity contribution in [2.24, 2.45) is 5.84 Å². The molecule has 166 valence electrons. The van der Waals surface area contributed by atoms with Crippen molar-refractivity contribution >= 4 is 29.3 Å². The summed E-state index contributed by atoms with van der Waals surface area (Å²) < 4.78 is 0. The number of nitrogens with one attached hydrogen (secondary N) is 2. The summed E-state index contributed by atoms with van der Waals surface area (Å²) in [7, 11) is 0. The number of hydrogen-bond donors (Lipinski definition) is 3. The highest BCUT2D eigenvalue weighted by molar-refractivity contribution is 6.13. The van der Waals surface area contributed by atoms with Gasteiger partial charge in [0.25, 0.3) is 29.3 Å². The molecular formula is C22H17N5O6. The molecule has 11 heteroatoms. The zero-order chi connectivity index (χ0) is 24.0. The van der Waals surface area contributed by atoms with Crippen molar-refractivity contribution in [2.75, 3.05) is 0 Å². The lowest BCUT2D eigenvalue weighted by Gasteiger charge is -2.21. The predicted octanol–water partition coefficient (Wildman–Crippen LogP) is 1.83. The Morgan fingerprint density at radius 1 is 0.758 bits per heavy atom. The minimum atomic E-state index is -1.17. The lowest BCUT2D eigenvalue weighted by atomic mass is 10.1. The second kappa shape index (κ2) is 9.94. The molecule has 0 aromatic heterocycles. The summed E-state index contributed by atoms with van der Waals surface area (Å²) in [6.07, 6.45) is 0. The quantitative estimate of drug-likeness (QED) is 0.176. The highest BCUT2D eigenvalue weighted by atomic mass is 16.6. The minimum Gasteiger partial charge on any atom is -0.290 e. The average Bonchev–Trinajstić information content (AvgIpc) is 2.86. The molecule has 4 amide bonds. The summed E-state index contributed by atoms with van der Waals surface area (Å²) in [6, 6.07) is 18.4. The third-order valence-corrected chi connectivity index (χ3v) is 4.49. The van der Waals surface area contributed by atoms with Gasteiger partial charge in [-0.05, 0) is 36.4 Å². The smallest absolute Gasteiger partial charge is 0.286 e. The summed E-state index contributed by atoms with van der Waals surface area (Å²) >= 11 is 0. The van der Waals surface area contributed by atoms with Crippen LogP contribution < -0.4 is 16.7 Å². The number of carbonyl (C=O) groups excluding carboxylic acids is 4. The molecular weight excluding hydrogens is 430 g/mol. The number of nitrogens with two attached hydrogens (primary N) is 1. The number of carbonyl (C=O) groups is 4. The Hall–Kier alpha value is -4.90. The van der Waals surface area contributed by atoms with Gasteiger partial charge in [0.1, 0.15) is 5.56 Å². The lowest BCUT2D eigenvalue weighted by molar-refractivity contribution is -0.385. The molecule has 0 atom stereocenters. The summed E-state index contributed by atoms with van der Waals surface area (Å²) in [6.45, 7) is 0. The van der Waals surface area contributed by atoms with Gasteiger partial charge in [0.05, 0.1) is 4.92 Å². The summed E-state index contributed by atoms with van der Waals surface area (Å²) in [5, 5.41) is 12.0. The number of benzene rings is 3. The van der Waals surface area contributed by atoms with Crippen LogP contribution in [0.1, 0.15) is 41.4 Å². The fourth-order valence-electron chi connectivity index (χ4n) is 2.87. The van der Waals surface area contributed by atoms with Crippen molar-refractivity contribution in [3.8, 4) is 0 Å². The van der Waals surface area contributed by atoms with Crippen LogP contribution in [0.3, 0.4) is 0 Å². The average molecular weight is 447 g/mol. The van der Waals surface area contributed by atoms with Crippen LogP contribution in [-0.2, 0) is 0 Å². The van der Waals surface area contributed by atoms with Gasteiger partial charge in [-0.2, -0.15) is 5.01 Å². The maximum absolute atomic E-state index is 13.3. The van der Waals surface area contributed by atoms with E-state index in [1.165, 1.54) is 24.3 Å². The number of hydrogen-bond acceptors (Lipinski definition) is 7. The molecule has 0 aliphatic heterocycles. The Morgan fingerprint density at radius 2 is 1.33 bits per heavy atom. The number of nitro benzene ring substituents is 1. The molecule has 33 heavy (non-hydrogen) atoms. The number of imide groups is 1. The van der Waals surface area contributed by atoms with Crippen LogP contribution in [0.5, 0.6) is 0 Å². The van der Waals surface area contributed by atoms with Crippen molar-refractivity contribution in [1.82, 2.24) is 15.9 Å². The van der Waals surface area contributed by atoms with Crippen molar-refractivity contribution < 1.29 is 24.1 Å². The van der Waals surface area contributed by atoms with Crippen LogP contribution in [0.25, 0.3) is 0 Å². The van der Waals surface area contributed by atoms with Gasteiger partial charge in [0.15, 0.2) is 0 Å². The molecule has 4 N–H and O–H groups in total. The monoisotopic (exact) mass is 447 g/mol. The third kappa shape index (κ3) is 5.06. The zero-order valence-electron chi connectivity index (χ0n) is 16.9. The second-order valence-electron chi connectivity index (χ2n) is 6.58. The van der Waals surface area contributed by atoms with Crippen molar-refractivity contribution in [3.05, 3.63) is 111 Å². The van der Waals surface area contributed by atoms with E-state index >= 15 is 0 Å². The summed E-state index contributed by atoms with van der Waals surface area (Å²) in [5.41, 5.74) is 2.82. The number of rotatable bonds is 5. The Kier molecular flexibility index (Phi) is 6.86. The third-order valence-electron chi connectivity index (χ3n) is 4.49. The van der Waals surface area contributed by atoms with Gasteiger partial charge >= 0.3 is 0 Å². The molecule has 0 radical (unpaired) electrons. The zero-order valence-corrected chi connectivity index (χ0v) is 16.9. The normalized spacial score (nSPS) is 10.1. The topological polar surface area (TPSA) is 165 Å². The van der Waals surface area contributed by atoms with E-state index < -0.39 is 39.8 Å². The summed E-state index contributed by atoms with van der Waals surface area (Å²) in [5.74, 6) is 1.38. The molecule has 3 aromatic rings. The molecule has 11 nitrogen and oxygen atoms in total. The minimum absolute atomic E-state index is 0.0565. The van der Waals surface area contributed by atoms with Gasteiger partial charge < -0.3 is 0 Å². The van der Waals surface area contributed by atoms with E-state index in [0.717, 1.165) is 18.2 Å². The Labute approximate surface area is 186 Å². The summed E-state index contributed by atoms with van der Waals surface area (Å²) in [4.78, 5) is 61.4. The Morgan fingerprint density at radius 3 is 1.88 bits per heavy atom. The molecule has 0 fully saturated rings. The molecule has 0 unspecified atom stereocenters. The van der Waals surface area contributed by atoms with Gasteiger partial charge in [0.2, 0.25) is 0 Å². The van der Waals surface area contributed by atoms with Gasteiger partial charge in [-0.25, -0.2) is 5.84 Å². The molecule has 0 bridgehead atoms. The molecule has 0 aliphatic carbocycles. The van der Waals surface area contributed by atoms with Crippen LogP contribution >= 0.6 is 0 Å². The fraction of sp³-hybridized carbons (Fsp3) is 0. The molecule has 0 saturated carbocycles. The highest BCUT2D eigenvalue weighted by Gasteiger charge is 2.32. The van der Waals surface area contributed by atoms with Crippen LogP contribution in [0, 0.1) is 10.1 Å². The molecule has 0 saturated heterocycles. The van der Waals surface area contributed by atoms with Crippen LogP contribution in [-0.4, -0.2) is 33.6 Å². The van der Waals surface area contributed by atoms with Crippen molar-refractivity contribution in [3.63, 3.8) is 0 Å². The van der Waals surface area contributed by atoms with E-state index in [2.05, 4.69) is 5.43 Å². The fourth-order valence-corrected chi connectivity index (χ4v) is 2.87. The standard InChI is InChI=1S/C22H17N5O6/c23-24-19(28)16-11-12-17(18(13-16)27(32)33)22(31)26(21(30)15-9-5-2-6-10-15)25-20(29)14-7-3-1-4-8-14/h1-13H,23H2,(H,24,28)(H,25,29). The van der Waals surface area contributed by atoms with Gasteiger partial charge in [-0.15, -0.1) is 0 Å². The predicted molar refractivity (Wildman–Crippen MR) is 116 cm³/mol. The molecule has 0 heterocycles. The van der Waals surface area contributed by atoms with Crippen LogP contribution in [0.2, 0.25) is 0 Å². The molecule has 3 aromatic carbocycles. The number of hydrazine groups is 2. The first-order chi connectivity index (χ1) is 15.8. The van der Waals surface area contributed by atoms with E-state index in [1.807, 2.05) is 5.43 Å². The van der Waals surface area contributed by atoms with Gasteiger partial charge in [-0.3, -0.25) is 40.1 Å². The maximum atomic E-state index is 13.3. The largest absolute Gasteiger partial charge is 0.290 e. The van der Waals surface area contributed by atoms with E-state index in [1.54, 1.807) is 36.4 Å². The van der Waals surface area contributed by atoms with E-state index in [9.17, 15) is 29.3 Å². The molecule has 0 spiro atoms. The van der Waals surface area contributed by atoms with E-state index in [4.69, 9.17) is 5.84 Å². The number of nitrogens with zero attached hydrogens (tertiary/aromatic N) is 2. The van der Waals surface area contributed by atoms with Gasteiger partial charge in [-0.1, -0.05) is 36.4 Å². The van der Waals surface area contributed by atoms with Crippen LogP contribution in [0.15, 0.2) is 78.9 Å². The first kappa shape index (κ1) is 22.8. The molecule has 3 rings (SSSR count). The highest BCUT2D eigenvalue weighted by Crippen LogP contribution is 2.23. The number of nitro groups is 1. The van der Waals surface area contributed by atoms with E-state index in [-0.39, 0.29) is 16.7 Å². The number of nitrogen functional groups attached to an aromatic ring is 1. The van der Waals surface area contributed by atoms with E-state index in [0.29, 0.717) is 5.01 Å². The first-order valence-corrected chi connectivity index (χ1v) is 9.42.